The van der Waals surface area contributed by atoms with Gasteiger partial charge < -0.3 is 15.5 Å². The number of unbranched alkanes of at least 4 members (excludes halogenated alkanes) is 34. The number of amides is 1. The van der Waals surface area contributed by atoms with Gasteiger partial charge >= 0.3 is 0 Å². The third kappa shape index (κ3) is 39.3. The molecule has 0 aromatic heterocycles. The van der Waals surface area contributed by atoms with E-state index in [4.69, 9.17) is 0 Å². The Bertz CT molecular complexity index is 869. The molecular formula is C45H91NO6S. The van der Waals surface area contributed by atoms with E-state index in [0.717, 1.165) is 44.9 Å². The van der Waals surface area contributed by atoms with Gasteiger partial charge in [0, 0.05) is 0 Å². The number of carbonyl (C=O) groups is 1. The van der Waals surface area contributed by atoms with Crippen LogP contribution >= 0.6 is 0 Å². The van der Waals surface area contributed by atoms with Crippen molar-refractivity contribution >= 4 is 16.0 Å². The summed E-state index contributed by atoms with van der Waals surface area (Å²) in [4.78, 5) is 12.7. The van der Waals surface area contributed by atoms with Gasteiger partial charge in [-0.15, -0.1) is 0 Å². The number of hydrogen-bond donors (Lipinski definition) is 4. The fourth-order valence-corrected chi connectivity index (χ4v) is 8.34. The minimum absolute atomic E-state index is 0.304. The highest BCUT2D eigenvalue weighted by Crippen LogP contribution is 2.17. The zero-order chi connectivity index (χ0) is 39.1. The van der Waals surface area contributed by atoms with E-state index in [1.54, 1.807) is 0 Å². The van der Waals surface area contributed by atoms with Crippen molar-refractivity contribution < 1.29 is 28.0 Å². The zero-order valence-electron chi connectivity index (χ0n) is 35.3. The minimum Gasteiger partial charge on any atom is -0.391 e. The fourth-order valence-electron chi connectivity index (χ4n) is 7.58. The molecule has 0 heterocycles. The normalized spacial score (nSPS) is 13.7. The third-order valence-corrected chi connectivity index (χ3v) is 11.9. The van der Waals surface area contributed by atoms with Crippen molar-refractivity contribution in [1.82, 2.24) is 5.32 Å². The van der Waals surface area contributed by atoms with E-state index in [1.165, 1.54) is 186 Å². The van der Waals surface area contributed by atoms with E-state index in [2.05, 4.69) is 19.2 Å². The summed E-state index contributed by atoms with van der Waals surface area (Å²) in [6, 6.07) is -1.14. The lowest BCUT2D eigenvalue weighted by atomic mass is 10.0. The number of aliphatic hydroxyl groups excluding tert-OH is 2. The largest absolute Gasteiger partial charge is 0.391 e. The van der Waals surface area contributed by atoms with Gasteiger partial charge in [-0.2, -0.15) is 8.42 Å². The van der Waals surface area contributed by atoms with E-state index in [-0.39, 0.29) is 0 Å². The Labute approximate surface area is 330 Å². The average molecular weight is 774 g/mol. The number of hydrogen-bond acceptors (Lipinski definition) is 5. The molecular weight excluding hydrogens is 683 g/mol. The van der Waals surface area contributed by atoms with Crippen LogP contribution in [0.2, 0.25) is 0 Å². The van der Waals surface area contributed by atoms with Crippen LogP contribution in [0.4, 0.5) is 0 Å². The van der Waals surface area contributed by atoms with Crippen molar-refractivity contribution in [2.45, 2.75) is 276 Å². The second-order valence-corrected chi connectivity index (χ2v) is 18.0. The number of aliphatic hydroxyl groups is 2. The van der Waals surface area contributed by atoms with Gasteiger partial charge in [-0.3, -0.25) is 9.35 Å². The Morgan fingerprint density at radius 3 is 0.943 bits per heavy atom. The van der Waals surface area contributed by atoms with E-state index in [1.807, 2.05) is 0 Å². The summed E-state index contributed by atoms with van der Waals surface area (Å²) in [6.45, 7) is 4.54. The molecule has 53 heavy (non-hydrogen) atoms. The molecule has 8 heteroatoms. The molecule has 3 atom stereocenters. The first-order chi connectivity index (χ1) is 25.7. The first-order valence-electron chi connectivity index (χ1n) is 23.3. The quantitative estimate of drug-likeness (QED) is 0.0361. The molecule has 0 aromatic carbocycles. The van der Waals surface area contributed by atoms with Gasteiger partial charge in [-0.05, 0) is 12.8 Å². The van der Waals surface area contributed by atoms with Gasteiger partial charge in [0.25, 0.3) is 10.1 Å². The van der Waals surface area contributed by atoms with E-state index in [0.29, 0.717) is 12.8 Å². The Morgan fingerprint density at radius 2 is 0.679 bits per heavy atom. The lowest BCUT2D eigenvalue weighted by molar-refractivity contribution is -0.131. The average Bonchev–Trinajstić information content (AvgIpc) is 3.12. The second-order valence-electron chi connectivity index (χ2n) is 16.5. The van der Waals surface area contributed by atoms with Crippen molar-refractivity contribution in [2.24, 2.45) is 0 Å². The summed E-state index contributed by atoms with van der Waals surface area (Å²) in [5, 5.41) is 23.6. The number of nitrogens with one attached hydrogen (secondary N) is 1. The van der Waals surface area contributed by atoms with Crippen molar-refractivity contribution in [3.8, 4) is 0 Å². The lowest BCUT2D eigenvalue weighted by Crippen LogP contribution is -2.50. The first-order valence-corrected chi connectivity index (χ1v) is 24.9. The Morgan fingerprint density at radius 1 is 0.434 bits per heavy atom. The van der Waals surface area contributed by atoms with Crippen molar-refractivity contribution in [3.63, 3.8) is 0 Å². The van der Waals surface area contributed by atoms with E-state index in [9.17, 15) is 28.0 Å². The second kappa shape index (κ2) is 39.5. The van der Waals surface area contributed by atoms with Crippen LogP contribution < -0.4 is 5.32 Å². The predicted octanol–water partition coefficient (Wildman–Crippen LogP) is 12.9. The maximum atomic E-state index is 12.7. The Balaban J connectivity index is 3.86. The molecule has 0 rings (SSSR count). The lowest BCUT2D eigenvalue weighted by Gasteiger charge is -2.24. The molecule has 0 aliphatic rings. The molecule has 0 spiro atoms. The Kier molecular flexibility index (Phi) is 39.0. The number of rotatable bonds is 43. The standard InChI is InChI=1S/C45H91NO6S/c1-3-5-7-9-11-13-15-17-19-21-22-23-24-26-28-30-32-34-36-38-40-44(48)45(49)46-42(41-53(50,51)52)43(47)39-37-35-33-31-29-27-25-20-18-16-14-12-10-8-6-4-2/h42-44,47-48H,3-41H2,1-2H3,(H,46,49)(H,50,51,52). The van der Waals surface area contributed by atoms with Crippen molar-refractivity contribution in [1.29, 1.82) is 0 Å². The SMILES string of the molecule is CCCCCCCCCCCCCCCCCCCCCCC(O)C(=O)NC(CS(=O)(=O)O)C(O)CCCCCCCCCCCCCCCCCC. The highest BCUT2D eigenvalue weighted by molar-refractivity contribution is 7.85. The van der Waals surface area contributed by atoms with Crippen LogP contribution in [0.15, 0.2) is 0 Å². The molecule has 0 saturated heterocycles. The fraction of sp³-hybridized carbons (Fsp3) is 0.978. The van der Waals surface area contributed by atoms with Gasteiger partial charge in [-0.25, -0.2) is 0 Å². The van der Waals surface area contributed by atoms with Gasteiger partial charge in [-0.1, -0.05) is 245 Å². The molecule has 0 bridgehead atoms. The summed E-state index contributed by atoms with van der Waals surface area (Å²) in [5.74, 6) is -1.44. The monoisotopic (exact) mass is 774 g/mol. The predicted molar refractivity (Wildman–Crippen MR) is 227 cm³/mol. The molecule has 1 amide bonds. The number of carbonyl (C=O) groups excluding carboxylic acids is 1. The Hall–Kier alpha value is -0.700. The topological polar surface area (TPSA) is 124 Å². The summed E-state index contributed by atoms with van der Waals surface area (Å²) in [6.07, 6.45) is 44.1. The molecule has 3 unspecified atom stereocenters. The van der Waals surface area contributed by atoms with Gasteiger partial charge in [0.05, 0.1) is 17.9 Å². The first kappa shape index (κ1) is 52.3. The van der Waals surface area contributed by atoms with Crippen LogP contribution in [0.25, 0.3) is 0 Å². The molecule has 0 radical (unpaired) electrons. The van der Waals surface area contributed by atoms with Crippen molar-refractivity contribution in [3.05, 3.63) is 0 Å². The molecule has 0 aliphatic heterocycles. The van der Waals surface area contributed by atoms with Crippen LogP contribution in [0, 0.1) is 0 Å². The molecule has 318 valence electrons. The zero-order valence-corrected chi connectivity index (χ0v) is 36.1. The molecule has 4 N–H and O–H groups in total. The molecule has 7 nitrogen and oxygen atoms in total. The van der Waals surface area contributed by atoms with Gasteiger partial charge in [0.2, 0.25) is 5.91 Å². The summed E-state index contributed by atoms with van der Waals surface area (Å²) in [5.41, 5.74) is 0. The highest BCUT2D eigenvalue weighted by Gasteiger charge is 2.28. The van der Waals surface area contributed by atoms with Crippen LogP contribution in [-0.2, 0) is 14.9 Å². The smallest absolute Gasteiger partial charge is 0.266 e. The highest BCUT2D eigenvalue weighted by atomic mass is 32.2. The van der Waals surface area contributed by atoms with E-state index < -0.39 is 40.0 Å². The van der Waals surface area contributed by atoms with E-state index >= 15 is 0 Å². The minimum atomic E-state index is -4.40. The summed E-state index contributed by atoms with van der Waals surface area (Å²) < 4.78 is 32.7. The molecule has 0 saturated carbocycles. The third-order valence-electron chi connectivity index (χ3n) is 11.2. The van der Waals surface area contributed by atoms with Crippen LogP contribution in [0.3, 0.4) is 0 Å². The summed E-state index contributed by atoms with van der Waals surface area (Å²) >= 11 is 0. The molecule has 0 fully saturated rings. The van der Waals surface area contributed by atoms with Gasteiger partial charge in [0.15, 0.2) is 0 Å². The van der Waals surface area contributed by atoms with Crippen LogP contribution in [0.5, 0.6) is 0 Å². The maximum Gasteiger partial charge on any atom is 0.266 e. The maximum absolute atomic E-state index is 12.7. The van der Waals surface area contributed by atoms with Crippen LogP contribution in [-0.4, -0.2) is 53.1 Å². The van der Waals surface area contributed by atoms with Crippen LogP contribution in [0.1, 0.15) is 258 Å². The molecule has 0 aliphatic carbocycles. The van der Waals surface area contributed by atoms with Crippen molar-refractivity contribution in [2.75, 3.05) is 5.75 Å². The summed E-state index contributed by atoms with van der Waals surface area (Å²) in [7, 11) is -4.40. The van der Waals surface area contributed by atoms with Gasteiger partial charge in [0.1, 0.15) is 6.10 Å². The molecule has 0 aromatic rings.